The molecule has 6 heteroatoms. The lowest BCUT2D eigenvalue weighted by Crippen LogP contribution is -2.48. The van der Waals surface area contributed by atoms with Crippen LogP contribution in [0.15, 0.2) is 42.5 Å². The van der Waals surface area contributed by atoms with Crippen molar-refractivity contribution < 1.29 is 23.5 Å². The Morgan fingerprint density at radius 1 is 0.909 bits per heavy atom. The fourth-order valence-electron chi connectivity index (χ4n) is 7.07. The molecule has 4 aliphatic carbocycles. The Balaban J connectivity index is 1.19. The maximum atomic E-state index is 14.8. The summed E-state index contributed by atoms with van der Waals surface area (Å²) >= 11 is 0. The van der Waals surface area contributed by atoms with Crippen molar-refractivity contribution in [3.63, 3.8) is 0 Å². The lowest BCUT2D eigenvalue weighted by Gasteiger charge is -2.57. The minimum Gasteiger partial charge on any atom is -0.493 e. The molecule has 2 aromatic carbocycles. The van der Waals surface area contributed by atoms with Crippen molar-refractivity contribution in [1.29, 1.82) is 0 Å². The Hall–Kier alpha value is -1.68. The summed E-state index contributed by atoms with van der Waals surface area (Å²) in [6.45, 7) is 0.402. The molecular formula is C27H34FO4P. The molecule has 0 amide bonds. The van der Waals surface area contributed by atoms with Gasteiger partial charge in [0.1, 0.15) is 11.6 Å². The fourth-order valence-corrected chi connectivity index (χ4v) is 7.71. The van der Waals surface area contributed by atoms with E-state index in [-0.39, 0.29) is 12.0 Å². The van der Waals surface area contributed by atoms with E-state index in [2.05, 4.69) is 24.3 Å². The summed E-state index contributed by atoms with van der Waals surface area (Å²) in [5.74, 6) is 2.92. The Morgan fingerprint density at radius 3 is 2.12 bits per heavy atom. The van der Waals surface area contributed by atoms with Crippen LogP contribution < -0.4 is 4.74 Å². The van der Waals surface area contributed by atoms with Crippen molar-refractivity contribution in [2.45, 2.75) is 63.2 Å². The number of hydrogen-bond acceptors (Lipinski definition) is 2. The third-order valence-corrected chi connectivity index (χ3v) is 9.05. The average molecular weight is 473 g/mol. The van der Waals surface area contributed by atoms with Crippen molar-refractivity contribution in [3.05, 3.63) is 53.8 Å². The summed E-state index contributed by atoms with van der Waals surface area (Å²) < 4.78 is 31.3. The van der Waals surface area contributed by atoms with Crippen molar-refractivity contribution in [2.75, 3.05) is 12.8 Å². The van der Waals surface area contributed by atoms with Gasteiger partial charge in [-0.3, -0.25) is 4.57 Å². The molecule has 4 aliphatic rings. The first kappa shape index (κ1) is 23.1. The van der Waals surface area contributed by atoms with Gasteiger partial charge in [0.25, 0.3) is 0 Å². The van der Waals surface area contributed by atoms with E-state index in [1.54, 1.807) is 12.1 Å². The van der Waals surface area contributed by atoms with Crippen LogP contribution in [0.4, 0.5) is 4.39 Å². The molecule has 0 spiro atoms. The maximum absolute atomic E-state index is 14.8. The molecule has 0 atom stereocenters. The van der Waals surface area contributed by atoms with E-state index >= 15 is 0 Å². The topological polar surface area (TPSA) is 66.8 Å². The first-order valence-electron chi connectivity index (χ1n) is 12.4. The van der Waals surface area contributed by atoms with E-state index in [1.165, 1.54) is 50.2 Å². The zero-order chi connectivity index (χ0) is 23.1. The van der Waals surface area contributed by atoms with Crippen LogP contribution in [0.1, 0.15) is 63.4 Å². The van der Waals surface area contributed by atoms with Crippen molar-refractivity contribution in [2.24, 2.45) is 17.8 Å². The van der Waals surface area contributed by atoms with Gasteiger partial charge >= 0.3 is 7.60 Å². The first-order valence-corrected chi connectivity index (χ1v) is 14.2. The van der Waals surface area contributed by atoms with E-state index in [9.17, 15) is 8.96 Å². The van der Waals surface area contributed by atoms with Crippen LogP contribution in [0.2, 0.25) is 0 Å². The van der Waals surface area contributed by atoms with Crippen molar-refractivity contribution in [1.82, 2.24) is 0 Å². The average Bonchev–Trinajstić information content (AvgIpc) is 2.75. The summed E-state index contributed by atoms with van der Waals surface area (Å²) in [4.78, 5) is 17.7. The highest BCUT2D eigenvalue weighted by Crippen LogP contribution is 2.60. The second-order valence-corrected chi connectivity index (χ2v) is 12.5. The third kappa shape index (κ3) is 5.21. The molecule has 6 rings (SSSR count). The molecule has 0 unspecified atom stereocenters. The summed E-state index contributed by atoms with van der Waals surface area (Å²) in [7, 11) is -3.92. The smallest absolute Gasteiger partial charge is 0.325 e. The van der Waals surface area contributed by atoms with Gasteiger partial charge in [-0.05, 0) is 104 Å². The molecule has 2 N–H and O–H groups in total. The molecule has 33 heavy (non-hydrogen) atoms. The normalized spacial score (nSPS) is 28.3. The van der Waals surface area contributed by atoms with E-state index in [4.69, 9.17) is 14.5 Å². The molecule has 178 valence electrons. The van der Waals surface area contributed by atoms with Crippen molar-refractivity contribution >= 4 is 7.60 Å². The lowest BCUT2D eigenvalue weighted by molar-refractivity contribution is -0.00518. The van der Waals surface area contributed by atoms with Crippen LogP contribution in [0.25, 0.3) is 11.1 Å². The largest absolute Gasteiger partial charge is 0.493 e. The standard InChI is InChI=1S/C27H34FO4P/c28-26-15-24(32-10-2-1-3-11-33(29,30)31)8-9-25(26)22-4-6-23(7-5-22)27-16-19-12-20(17-27)14-21(13-19)18-27/h4-9,15,19-21H,1-3,10-14,16-18H2,(H2,29,30,31)/t19-,20?,21?,27-. The van der Waals surface area contributed by atoms with E-state index in [0.717, 1.165) is 23.3 Å². The van der Waals surface area contributed by atoms with E-state index in [0.29, 0.717) is 42.6 Å². The zero-order valence-corrected chi connectivity index (χ0v) is 20.0. The highest BCUT2D eigenvalue weighted by atomic mass is 31.2. The lowest BCUT2D eigenvalue weighted by atomic mass is 9.48. The molecule has 0 aromatic heterocycles. The van der Waals surface area contributed by atoms with Gasteiger partial charge in [0.05, 0.1) is 6.61 Å². The third-order valence-electron chi connectivity index (χ3n) is 8.15. The summed E-state index contributed by atoms with van der Waals surface area (Å²) in [6.07, 6.45) is 10.0. The van der Waals surface area contributed by atoms with Gasteiger partial charge in [0, 0.05) is 17.8 Å². The van der Waals surface area contributed by atoms with Crippen LogP contribution in [0, 0.1) is 23.6 Å². The Morgan fingerprint density at radius 2 is 1.55 bits per heavy atom. The second kappa shape index (κ2) is 9.17. The van der Waals surface area contributed by atoms with Crippen LogP contribution >= 0.6 is 7.60 Å². The van der Waals surface area contributed by atoms with Crippen LogP contribution in [0.3, 0.4) is 0 Å². The summed E-state index contributed by atoms with van der Waals surface area (Å²) in [6, 6.07) is 13.6. The quantitative estimate of drug-likeness (QED) is 0.315. The number of benzene rings is 2. The van der Waals surface area contributed by atoms with Gasteiger partial charge in [0.2, 0.25) is 0 Å². The SMILES string of the molecule is O=P(O)(O)CCCCCOc1ccc(-c2ccc([C@]34CC5CC(C[C@H](C5)C3)C4)cc2)c(F)c1. The number of hydrogen-bond donors (Lipinski definition) is 2. The van der Waals surface area contributed by atoms with Gasteiger partial charge < -0.3 is 14.5 Å². The van der Waals surface area contributed by atoms with Crippen LogP contribution in [-0.4, -0.2) is 22.6 Å². The molecule has 2 aromatic rings. The Bertz CT molecular complexity index is 994. The highest BCUT2D eigenvalue weighted by Gasteiger charge is 2.51. The number of rotatable bonds is 9. The molecule has 4 bridgehead atoms. The monoisotopic (exact) mass is 472 g/mol. The molecule has 4 saturated carbocycles. The van der Waals surface area contributed by atoms with Gasteiger partial charge in [-0.2, -0.15) is 0 Å². The van der Waals surface area contributed by atoms with E-state index < -0.39 is 7.60 Å². The highest BCUT2D eigenvalue weighted by molar-refractivity contribution is 7.51. The van der Waals surface area contributed by atoms with Crippen LogP contribution in [-0.2, 0) is 9.98 Å². The summed E-state index contributed by atoms with van der Waals surface area (Å²) in [5.41, 5.74) is 3.28. The van der Waals surface area contributed by atoms with Gasteiger partial charge in [0.15, 0.2) is 0 Å². The zero-order valence-electron chi connectivity index (χ0n) is 19.1. The first-order chi connectivity index (χ1) is 15.8. The molecule has 0 heterocycles. The minimum atomic E-state index is -3.92. The fraction of sp³-hybridized carbons (Fsp3) is 0.556. The molecular weight excluding hydrogens is 438 g/mol. The Labute approximate surface area is 195 Å². The predicted octanol–water partition coefficient (Wildman–Crippen LogP) is 6.69. The maximum Gasteiger partial charge on any atom is 0.325 e. The molecule has 4 fully saturated rings. The molecule has 0 aliphatic heterocycles. The van der Waals surface area contributed by atoms with Crippen molar-refractivity contribution in [3.8, 4) is 16.9 Å². The number of unbranched alkanes of at least 4 members (excludes halogenated alkanes) is 2. The van der Waals surface area contributed by atoms with Gasteiger partial charge in [-0.25, -0.2) is 4.39 Å². The Kier molecular flexibility index (Phi) is 6.41. The predicted molar refractivity (Wildman–Crippen MR) is 128 cm³/mol. The van der Waals surface area contributed by atoms with Gasteiger partial charge in [-0.1, -0.05) is 24.3 Å². The summed E-state index contributed by atoms with van der Waals surface area (Å²) in [5, 5.41) is 0. The molecule has 0 saturated heterocycles. The number of halogens is 1. The number of ether oxygens (including phenoxy) is 1. The second-order valence-electron chi connectivity index (χ2n) is 10.7. The van der Waals surface area contributed by atoms with Crippen LogP contribution in [0.5, 0.6) is 5.75 Å². The van der Waals surface area contributed by atoms with Gasteiger partial charge in [-0.15, -0.1) is 0 Å². The molecule has 0 radical (unpaired) electrons. The minimum absolute atomic E-state index is 0.0992. The van der Waals surface area contributed by atoms with E-state index in [1.807, 2.05) is 0 Å². The molecule has 4 nitrogen and oxygen atoms in total.